The van der Waals surface area contributed by atoms with E-state index in [0.717, 1.165) is 40.3 Å². The fourth-order valence-electron chi connectivity index (χ4n) is 3.21. The van der Waals surface area contributed by atoms with Crippen molar-refractivity contribution in [3.05, 3.63) is 96.6 Å². The molecule has 2 N–H and O–H groups in total. The Morgan fingerprint density at radius 2 is 1.58 bits per heavy atom. The normalized spacial score (nSPS) is 10.9. The molecule has 0 amide bonds. The Kier molecular flexibility index (Phi) is 6.50. The summed E-state index contributed by atoms with van der Waals surface area (Å²) in [5.41, 5.74) is 8.93. The van der Waals surface area contributed by atoms with Crippen molar-refractivity contribution in [1.29, 1.82) is 0 Å². The molecule has 6 heteroatoms. The van der Waals surface area contributed by atoms with Gasteiger partial charge >= 0.3 is 0 Å². The lowest BCUT2D eigenvalue weighted by molar-refractivity contribution is 0.891. The molecule has 4 aromatic rings. The maximum absolute atomic E-state index is 5.11. The van der Waals surface area contributed by atoms with Crippen LogP contribution >= 0.6 is 12.2 Å². The van der Waals surface area contributed by atoms with Crippen molar-refractivity contribution >= 4 is 23.5 Å². The van der Waals surface area contributed by atoms with Crippen LogP contribution in [0.2, 0.25) is 0 Å². The lowest BCUT2D eigenvalue weighted by atomic mass is 10.1. The Labute approximate surface area is 187 Å². The van der Waals surface area contributed by atoms with E-state index in [0.29, 0.717) is 5.11 Å². The summed E-state index contributed by atoms with van der Waals surface area (Å²) in [5.74, 6) is 0. The number of hydrogen-bond donors (Lipinski definition) is 2. The second-order valence-corrected chi connectivity index (χ2v) is 7.29. The summed E-state index contributed by atoms with van der Waals surface area (Å²) >= 11 is 5.11. The van der Waals surface area contributed by atoms with E-state index >= 15 is 0 Å². The Morgan fingerprint density at radius 1 is 0.935 bits per heavy atom. The molecule has 4 rings (SSSR count). The van der Waals surface area contributed by atoms with Gasteiger partial charge < -0.3 is 5.32 Å². The fraction of sp³-hybridized carbons (Fsp3) is 0.0800. The number of nitrogens with zero attached hydrogens (tertiary/aromatic N) is 3. The van der Waals surface area contributed by atoms with Crippen molar-refractivity contribution in [1.82, 2.24) is 20.5 Å². The van der Waals surface area contributed by atoms with Gasteiger partial charge in [0.1, 0.15) is 0 Å². The largest absolute Gasteiger partial charge is 0.362 e. The first-order chi connectivity index (χ1) is 15.2. The minimum Gasteiger partial charge on any atom is -0.362 e. The van der Waals surface area contributed by atoms with Crippen molar-refractivity contribution in [3.8, 4) is 28.2 Å². The SMILES string of the molecule is CCNC(=S)N/N=C\c1ccc(-n2nc(-c3ccccc3)cc2-c2ccccc2)cc1. The molecule has 0 saturated heterocycles. The number of hydrazone groups is 1. The molecule has 0 spiro atoms. The third-order valence-electron chi connectivity index (χ3n) is 4.70. The van der Waals surface area contributed by atoms with Crippen LogP contribution in [0.15, 0.2) is 96.1 Å². The summed E-state index contributed by atoms with van der Waals surface area (Å²) in [6.45, 7) is 2.74. The maximum atomic E-state index is 5.11. The van der Waals surface area contributed by atoms with Gasteiger partial charge in [0.05, 0.1) is 23.3 Å². The average Bonchev–Trinajstić information content (AvgIpc) is 3.26. The van der Waals surface area contributed by atoms with Crippen molar-refractivity contribution in [2.75, 3.05) is 6.54 Å². The predicted molar refractivity (Wildman–Crippen MR) is 131 cm³/mol. The summed E-state index contributed by atoms with van der Waals surface area (Å²) < 4.78 is 1.98. The van der Waals surface area contributed by atoms with E-state index in [9.17, 15) is 0 Å². The van der Waals surface area contributed by atoms with Gasteiger partial charge in [0.2, 0.25) is 0 Å². The summed E-state index contributed by atoms with van der Waals surface area (Å²) in [5, 5.41) is 12.6. The van der Waals surface area contributed by atoms with Gasteiger partial charge in [-0.1, -0.05) is 72.8 Å². The van der Waals surface area contributed by atoms with E-state index in [1.165, 1.54) is 0 Å². The highest BCUT2D eigenvalue weighted by Crippen LogP contribution is 2.28. The topological polar surface area (TPSA) is 54.2 Å². The minimum absolute atomic E-state index is 0.507. The molecular formula is C25H23N5S. The summed E-state index contributed by atoms with van der Waals surface area (Å²) in [6, 6.07) is 30.7. The lowest BCUT2D eigenvalue weighted by Gasteiger charge is -2.08. The zero-order valence-corrected chi connectivity index (χ0v) is 18.0. The van der Waals surface area contributed by atoms with Crippen molar-refractivity contribution in [2.45, 2.75) is 6.92 Å². The second kappa shape index (κ2) is 9.82. The van der Waals surface area contributed by atoms with Gasteiger partial charge in [-0.2, -0.15) is 10.2 Å². The molecule has 154 valence electrons. The Hall–Kier alpha value is -3.77. The van der Waals surface area contributed by atoms with Gasteiger partial charge in [0, 0.05) is 17.7 Å². The third-order valence-corrected chi connectivity index (χ3v) is 4.94. The molecular weight excluding hydrogens is 402 g/mol. The fourth-order valence-corrected chi connectivity index (χ4v) is 3.41. The molecule has 0 bridgehead atoms. The van der Waals surface area contributed by atoms with E-state index in [4.69, 9.17) is 17.3 Å². The molecule has 0 unspecified atom stereocenters. The van der Waals surface area contributed by atoms with Gasteiger partial charge in [0.25, 0.3) is 0 Å². The molecule has 0 aliphatic carbocycles. The van der Waals surface area contributed by atoms with E-state index in [2.05, 4.69) is 46.2 Å². The van der Waals surface area contributed by atoms with Crippen LogP contribution in [0, 0.1) is 0 Å². The van der Waals surface area contributed by atoms with E-state index in [1.807, 2.05) is 72.3 Å². The van der Waals surface area contributed by atoms with Crippen LogP contribution in [0.3, 0.4) is 0 Å². The highest BCUT2D eigenvalue weighted by atomic mass is 32.1. The molecule has 1 heterocycles. The lowest BCUT2D eigenvalue weighted by Crippen LogP contribution is -2.31. The number of aromatic nitrogens is 2. The van der Waals surface area contributed by atoms with Crippen LogP contribution < -0.4 is 10.7 Å². The average molecular weight is 426 g/mol. The molecule has 0 fully saturated rings. The number of thiocarbonyl (C=S) groups is 1. The van der Waals surface area contributed by atoms with Crippen LogP contribution in [0.25, 0.3) is 28.2 Å². The van der Waals surface area contributed by atoms with Gasteiger partial charge in [-0.25, -0.2) is 4.68 Å². The highest BCUT2D eigenvalue weighted by molar-refractivity contribution is 7.80. The standard InChI is InChI=1S/C25H23N5S/c1-2-26-25(31)28-27-18-19-13-15-22(16-14-19)30-24(21-11-7-4-8-12-21)17-23(29-30)20-9-5-3-6-10-20/h3-18H,2H2,1H3,(H2,26,28,31)/b27-18-. The summed E-state index contributed by atoms with van der Waals surface area (Å²) in [4.78, 5) is 0. The Bertz CT molecular complexity index is 1170. The third kappa shape index (κ3) is 5.05. The van der Waals surface area contributed by atoms with Crippen LogP contribution in [0.1, 0.15) is 12.5 Å². The minimum atomic E-state index is 0.507. The Balaban J connectivity index is 1.64. The van der Waals surface area contributed by atoms with Crippen molar-refractivity contribution in [3.63, 3.8) is 0 Å². The maximum Gasteiger partial charge on any atom is 0.186 e. The van der Waals surface area contributed by atoms with Crippen molar-refractivity contribution < 1.29 is 0 Å². The van der Waals surface area contributed by atoms with Gasteiger partial charge in [-0.05, 0) is 42.9 Å². The van der Waals surface area contributed by atoms with Crippen LogP contribution in [0.4, 0.5) is 0 Å². The Morgan fingerprint density at radius 3 is 2.23 bits per heavy atom. The van der Waals surface area contributed by atoms with E-state index in [-0.39, 0.29) is 0 Å². The quantitative estimate of drug-likeness (QED) is 0.259. The van der Waals surface area contributed by atoms with E-state index < -0.39 is 0 Å². The zero-order chi connectivity index (χ0) is 21.5. The number of hydrogen-bond acceptors (Lipinski definition) is 3. The molecule has 0 aliphatic rings. The van der Waals surface area contributed by atoms with Gasteiger partial charge in [0.15, 0.2) is 5.11 Å². The van der Waals surface area contributed by atoms with Crippen molar-refractivity contribution in [2.24, 2.45) is 5.10 Å². The molecule has 3 aromatic carbocycles. The number of rotatable bonds is 6. The zero-order valence-electron chi connectivity index (χ0n) is 17.2. The van der Waals surface area contributed by atoms with Crippen LogP contribution in [-0.4, -0.2) is 27.7 Å². The molecule has 0 saturated carbocycles. The first-order valence-electron chi connectivity index (χ1n) is 10.1. The number of benzene rings is 3. The monoisotopic (exact) mass is 425 g/mol. The first kappa shape index (κ1) is 20.5. The molecule has 31 heavy (non-hydrogen) atoms. The number of nitrogens with one attached hydrogen (secondary N) is 2. The van der Waals surface area contributed by atoms with E-state index in [1.54, 1.807) is 6.21 Å². The molecule has 0 radical (unpaired) electrons. The van der Waals surface area contributed by atoms with Crippen LogP contribution in [-0.2, 0) is 0 Å². The highest BCUT2D eigenvalue weighted by Gasteiger charge is 2.12. The smallest absolute Gasteiger partial charge is 0.186 e. The van der Waals surface area contributed by atoms with Crippen LogP contribution in [0.5, 0.6) is 0 Å². The van der Waals surface area contributed by atoms with Gasteiger partial charge in [-0.3, -0.25) is 5.43 Å². The second-order valence-electron chi connectivity index (χ2n) is 6.88. The molecule has 0 atom stereocenters. The van der Waals surface area contributed by atoms with Gasteiger partial charge in [-0.15, -0.1) is 0 Å². The molecule has 1 aromatic heterocycles. The summed E-state index contributed by atoms with van der Waals surface area (Å²) in [6.07, 6.45) is 1.74. The first-order valence-corrected chi connectivity index (χ1v) is 10.5. The molecule has 5 nitrogen and oxygen atoms in total. The summed E-state index contributed by atoms with van der Waals surface area (Å²) in [7, 11) is 0. The molecule has 0 aliphatic heterocycles. The predicted octanol–water partition coefficient (Wildman–Crippen LogP) is 5.02.